The van der Waals surface area contributed by atoms with Gasteiger partial charge < -0.3 is 19.7 Å². The second-order valence-electron chi connectivity index (χ2n) is 3.68. The summed E-state index contributed by atoms with van der Waals surface area (Å²) in [6, 6.07) is 5.30. The summed E-state index contributed by atoms with van der Waals surface area (Å²) in [4.78, 5) is 0. The van der Waals surface area contributed by atoms with Crippen LogP contribution in [0, 0.1) is 5.92 Å². The van der Waals surface area contributed by atoms with Gasteiger partial charge in [-0.2, -0.15) is 0 Å². The first-order chi connectivity index (χ1) is 7.65. The van der Waals surface area contributed by atoms with Crippen molar-refractivity contribution in [2.75, 3.05) is 20.8 Å². The molecular formula is C12H18O4. The van der Waals surface area contributed by atoms with Crippen LogP contribution in [-0.2, 0) is 0 Å². The number of aliphatic hydroxyl groups excluding tert-OH is 2. The highest BCUT2D eigenvalue weighted by molar-refractivity contribution is 5.46. The highest BCUT2D eigenvalue weighted by Crippen LogP contribution is 2.37. The van der Waals surface area contributed by atoms with E-state index < -0.39 is 6.10 Å². The van der Waals surface area contributed by atoms with E-state index in [0.717, 1.165) is 0 Å². The van der Waals surface area contributed by atoms with Crippen molar-refractivity contribution in [1.29, 1.82) is 0 Å². The molecule has 0 fully saturated rings. The molecule has 1 aromatic carbocycles. The summed E-state index contributed by atoms with van der Waals surface area (Å²) in [5, 5.41) is 19.1. The van der Waals surface area contributed by atoms with Gasteiger partial charge in [-0.15, -0.1) is 0 Å². The van der Waals surface area contributed by atoms with Gasteiger partial charge in [0.05, 0.1) is 25.9 Å². The van der Waals surface area contributed by atoms with E-state index in [2.05, 4.69) is 0 Å². The molecule has 4 nitrogen and oxygen atoms in total. The van der Waals surface area contributed by atoms with Crippen molar-refractivity contribution in [2.24, 2.45) is 5.92 Å². The molecule has 0 aromatic heterocycles. The van der Waals surface area contributed by atoms with E-state index in [9.17, 15) is 5.11 Å². The maximum Gasteiger partial charge on any atom is 0.128 e. The minimum atomic E-state index is -0.809. The Labute approximate surface area is 95.4 Å². The summed E-state index contributed by atoms with van der Waals surface area (Å²) in [5.74, 6) is 0.851. The van der Waals surface area contributed by atoms with Crippen LogP contribution in [0.3, 0.4) is 0 Å². The van der Waals surface area contributed by atoms with Crippen LogP contribution in [0.4, 0.5) is 0 Å². The van der Waals surface area contributed by atoms with Crippen LogP contribution in [0.2, 0.25) is 0 Å². The molecule has 0 aliphatic rings. The van der Waals surface area contributed by atoms with Crippen molar-refractivity contribution in [3.63, 3.8) is 0 Å². The number of benzene rings is 1. The van der Waals surface area contributed by atoms with Crippen molar-refractivity contribution in [1.82, 2.24) is 0 Å². The fourth-order valence-corrected chi connectivity index (χ4v) is 1.56. The highest BCUT2D eigenvalue weighted by Gasteiger charge is 2.23. The molecule has 0 heterocycles. The van der Waals surface area contributed by atoms with Crippen molar-refractivity contribution in [3.8, 4) is 11.5 Å². The Bertz CT molecular complexity index is 316. The van der Waals surface area contributed by atoms with Gasteiger partial charge in [0.2, 0.25) is 0 Å². The Balaban J connectivity index is 3.17. The predicted molar refractivity (Wildman–Crippen MR) is 60.8 cm³/mol. The molecule has 0 bridgehead atoms. The zero-order valence-corrected chi connectivity index (χ0v) is 9.80. The molecule has 2 N–H and O–H groups in total. The molecule has 0 saturated heterocycles. The molecule has 4 heteroatoms. The second kappa shape index (κ2) is 5.72. The first kappa shape index (κ1) is 12.8. The molecule has 1 aromatic rings. The molecule has 0 saturated carbocycles. The fourth-order valence-electron chi connectivity index (χ4n) is 1.56. The smallest absolute Gasteiger partial charge is 0.128 e. The van der Waals surface area contributed by atoms with Crippen molar-refractivity contribution >= 4 is 0 Å². The molecule has 1 rings (SSSR count). The van der Waals surface area contributed by atoms with Gasteiger partial charge in [0.25, 0.3) is 0 Å². The lowest BCUT2D eigenvalue weighted by molar-refractivity contribution is 0.0729. The number of hydrogen-bond acceptors (Lipinski definition) is 4. The van der Waals surface area contributed by atoms with Crippen LogP contribution in [0.25, 0.3) is 0 Å². The normalized spacial score (nSPS) is 14.3. The third kappa shape index (κ3) is 2.46. The van der Waals surface area contributed by atoms with Crippen molar-refractivity contribution in [3.05, 3.63) is 23.8 Å². The molecule has 0 unspecified atom stereocenters. The minimum absolute atomic E-state index is 0.0949. The molecule has 0 aliphatic carbocycles. The molecule has 0 radical (unpaired) electrons. The highest BCUT2D eigenvalue weighted by atomic mass is 16.5. The summed E-state index contributed by atoms with van der Waals surface area (Å²) >= 11 is 0. The quantitative estimate of drug-likeness (QED) is 0.796. The SMILES string of the molecule is COc1cccc(OC)c1[C@@H](O)[C@@H](C)CO. The van der Waals surface area contributed by atoms with E-state index in [-0.39, 0.29) is 12.5 Å². The molecule has 0 aliphatic heterocycles. The average Bonchev–Trinajstić information content (AvgIpc) is 2.35. The molecular weight excluding hydrogens is 208 g/mol. The van der Waals surface area contributed by atoms with Crippen LogP contribution < -0.4 is 9.47 Å². The molecule has 90 valence electrons. The summed E-state index contributed by atoms with van der Waals surface area (Å²) < 4.78 is 10.4. The first-order valence-electron chi connectivity index (χ1n) is 5.15. The lowest BCUT2D eigenvalue weighted by Gasteiger charge is -2.21. The van der Waals surface area contributed by atoms with Crippen LogP contribution in [0.5, 0.6) is 11.5 Å². The largest absolute Gasteiger partial charge is 0.496 e. The van der Waals surface area contributed by atoms with Crippen LogP contribution in [0.1, 0.15) is 18.6 Å². The second-order valence-corrected chi connectivity index (χ2v) is 3.68. The maximum atomic E-state index is 10.1. The van der Waals surface area contributed by atoms with E-state index in [1.54, 1.807) is 25.1 Å². The van der Waals surface area contributed by atoms with Gasteiger partial charge in [-0.3, -0.25) is 0 Å². The lowest BCUT2D eigenvalue weighted by atomic mass is 9.96. The third-order valence-electron chi connectivity index (χ3n) is 2.59. The van der Waals surface area contributed by atoms with Gasteiger partial charge in [0.1, 0.15) is 11.5 Å². The van der Waals surface area contributed by atoms with Gasteiger partial charge in [-0.1, -0.05) is 13.0 Å². The predicted octanol–water partition coefficient (Wildman–Crippen LogP) is 1.37. The van der Waals surface area contributed by atoms with E-state index in [1.165, 1.54) is 14.2 Å². The molecule has 0 spiro atoms. The van der Waals surface area contributed by atoms with E-state index in [4.69, 9.17) is 14.6 Å². The Morgan fingerprint density at radius 2 is 1.69 bits per heavy atom. The van der Waals surface area contributed by atoms with Gasteiger partial charge in [0, 0.05) is 12.5 Å². The van der Waals surface area contributed by atoms with Gasteiger partial charge in [-0.25, -0.2) is 0 Å². The van der Waals surface area contributed by atoms with Gasteiger partial charge >= 0.3 is 0 Å². The average molecular weight is 226 g/mol. The van der Waals surface area contributed by atoms with Gasteiger partial charge in [-0.05, 0) is 12.1 Å². The third-order valence-corrected chi connectivity index (χ3v) is 2.59. The van der Waals surface area contributed by atoms with Gasteiger partial charge in [0.15, 0.2) is 0 Å². The minimum Gasteiger partial charge on any atom is -0.496 e. The number of aliphatic hydroxyl groups is 2. The summed E-state index contributed by atoms with van der Waals surface area (Å²) in [6.45, 7) is 1.67. The first-order valence-corrected chi connectivity index (χ1v) is 5.15. The Kier molecular flexibility index (Phi) is 4.58. The van der Waals surface area contributed by atoms with Crippen LogP contribution in [-0.4, -0.2) is 31.0 Å². The summed E-state index contributed by atoms with van der Waals surface area (Å²) in [5.41, 5.74) is 0.578. The zero-order valence-electron chi connectivity index (χ0n) is 9.80. The number of ether oxygens (including phenoxy) is 2. The zero-order chi connectivity index (χ0) is 12.1. The van der Waals surface area contributed by atoms with Crippen molar-refractivity contribution < 1.29 is 19.7 Å². The van der Waals surface area contributed by atoms with E-state index >= 15 is 0 Å². The topological polar surface area (TPSA) is 58.9 Å². The van der Waals surface area contributed by atoms with Crippen LogP contribution in [0.15, 0.2) is 18.2 Å². The lowest BCUT2D eigenvalue weighted by Crippen LogP contribution is -2.14. The monoisotopic (exact) mass is 226 g/mol. The standard InChI is InChI=1S/C12H18O4/c1-8(7-13)12(14)11-9(15-2)5-4-6-10(11)16-3/h4-6,8,12-14H,7H2,1-3H3/t8-,12-/m0/s1. The van der Waals surface area contributed by atoms with Crippen LogP contribution >= 0.6 is 0 Å². The Morgan fingerprint density at radius 1 is 1.19 bits per heavy atom. The van der Waals surface area contributed by atoms with Crippen molar-refractivity contribution in [2.45, 2.75) is 13.0 Å². The summed E-state index contributed by atoms with van der Waals surface area (Å²) in [6.07, 6.45) is -0.809. The fraction of sp³-hybridized carbons (Fsp3) is 0.500. The molecule has 16 heavy (non-hydrogen) atoms. The number of hydrogen-bond donors (Lipinski definition) is 2. The summed E-state index contributed by atoms with van der Waals surface area (Å²) in [7, 11) is 3.07. The Morgan fingerprint density at radius 3 is 2.06 bits per heavy atom. The van der Waals surface area contributed by atoms with E-state index in [0.29, 0.717) is 17.1 Å². The number of methoxy groups -OCH3 is 2. The molecule has 0 amide bonds. The van der Waals surface area contributed by atoms with E-state index in [1.807, 2.05) is 0 Å². The Hall–Kier alpha value is -1.26. The molecule has 2 atom stereocenters. The number of rotatable bonds is 5. The maximum absolute atomic E-state index is 10.1.